The highest BCUT2D eigenvalue weighted by Crippen LogP contribution is 2.38. The Kier molecular flexibility index (Phi) is 5.30. The third-order valence-corrected chi connectivity index (χ3v) is 3.98. The smallest absolute Gasteiger partial charge is 0.408 e. The lowest BCUT2D eigenvalue weighted by Crippen LogP contribution is -2.35. The van der Waals surface area contributed by atoms with Crippen LogP contribution in [-0.4, -0.2) is 49.5 Å². The number of carbonyl (C=O) groups is 2. The van der Waals surface area contributed by atoms with Crippen LogP contribution in [0.4, 0.5) is 4.79 Å². The zero-order valence-corrected chi connectivity index (χ0v) is 16.6. The molecule has 0 unspecified atom stereocenters. The maximum atomic E-state index is 12.1. The predicted molar refractivity (Wildman–Crippen MR) is 98.0 cm³/mol. The first-order chi connectivity index (χ1) is 13.2. The van der Waals surface area contributed by atoms with E-state index in [9.17, 15) is 9.59 Å². The minimum Gasteiger partial charge on any atom is -0.464 e. The molecular formula is C18H24N6O4. The topological polar surface area (TPSA) is 121 Å². The number of rotatable bonds is 5. The predicted octanol–water partition coefficient (Wildman–Crippen LogP) is 2.31. The average Bonchev–Trinajstić information content (AvgIpc) is 3.37. The highest BCUT2D eigenvalue weighted by Gasteiger charge is 2.31. The van der Waals surface area contributed by atoms with Crippen LogP contribution in [0.25, 0.3) is 5.82 Å². The molecule has 0 bridgehead atoms. The van der Waals surface area contributed by atoms with E-state index in [4.69, 9.17) is 9.47 Å². The largest absolute Gasteiger partial charge is 0.464 e. The second-order valence-corrected chi connectivity index (χ2v) is 7.64. The van der Waals surface area contributed by atoms with Crippen LogP contribution in [0.3, 0.4) is 0 Å². The van der Waals surface area contributed by atoms with Crippen molar-refractivity contribution in [2.75, 3.05) is 7.11 Å². The van der Waals surface area contributed by atoms with Crippen molar-refractivity contribution < 1.29 is 19.1 Å². The Balaban J connectivity index is 1.91. The van der Waals surface area contributed by atoms with Crippen molar-refractivity contribution in [3.8, 4) is 5.82 Å². The summed E-state index contributed by atoms with van der Waals surface area (Å²) in [5, 5.41) is 7.31. The Morgan fingerprint density at radius 2 is 2.00 bits per heavy atom. The van der Waals surface area contributed by atoms with Gasteiger partial charge in [0.1, 0.15) is 11.9 Å². The van der Waals surface area contributed by atoms with Gasteiger partial charge in [-0.1, -0.05) is 0 Å². The van der Waals surface area contributed by atoms with Crippen molar-refractivity contribution in [3.05, 3.63) is 29.7 Å². The molecule has 0 radical (unpaired) electrons. The van der Waals surface area contributed by atoms with Crippen LogP contribution in [0.5, 0.6) is 0 Å². The fourth-order valence-electron chi connectivity index (χ4n) is 2.53. The number of aromatic nitrogens is 5. The van der Waals surface area contributed by atoms with Gasteiger partial charge in [-0.05, 0) is 40.5 Å². The van der Waals surface area contributed by atoms with E-state index >= 15 is 0 Å². The molecule has 2 heterocycles. The molecular weight excluding hydrogens is 364 g/mol. The van der Waals surface area contributed by atoms with Gasteiger partial charge >= 0.3 is 12.1 Å². The number of amides is 1. The Morgan fingerprint density at radius 3 is 2.61 bits per heavy atom. The lowest BCUT2D eigenvalue weighted by atomic mass is 10.2. The molecule has 0 aliphatic heterocycles. The van der Waals surface area contributed by atoms with Gasteiger partial charge in [0.15, 0.2) is 23.2 Å². The normalized spacial score (nSPS) is 15.0. The molecule has 28 heavy (non-hydrogen) atoms. The number of alkyl carbamates (subject to hydrolysis) is 1. The second kappa shape index (κ2) is 7.53. The van der Waals surface area contributed by atoms with E-state index in [1.807, 2.05) is 0 Å². The van der Waals surface area contributed by atoms with E-state index in [0.29, 0.717) is 23.4 Å². The third kappa shape index (κ3) is 4.62. The van der Waals surface area contributed by atoms with Gasteiger partial charge in [-0.3, -0.25) is 0 Å². The van der Waals surface area contributed by atoms with Gasteiger partial charge in [-0.25, -0.2) is 24.5 Å². The van der Waals surface area contributed by atoms with Gasteiger partial charge in [0, 0.05) is 12.0 Å². The highest BCUT2D eigenvalue weighted by molar-refractivity contribution is 5.87. The molecule has 1 aliphatic carbocycles. The van der Waals surface area contributed by atoms with E-state index in [1.54, 1.807) is 27.7 Å². The van der Waals surface area contributed by atoms with Crippen LogP contribution in [0, 0.1) is 0 Å². The van der Waals surface area contributed by atoms with Crippen molar-refractivity contribution >= 4 is 12.1 Å². The SMILES string of the molecule is COC(=O)c1cc(-n2nc(C3CC3)nc2[C@H](C)NC(=O)OC(C)(C)C)ncn1. The first kappa shape index (κ1) is 19.7. The summed E-state index contributed by atoms with van der Waals surface area (Å²) in [5.74, 6) is 1.26. The maximum absolute atomic E-state index is 12.1. The maximum Gasteiger partial charge on any atom is 0.408 e. The molecule has 1 saturated carbocycles. The monoisotopic (exact) mass is 388 g/mol. The van der Waals surface area contributed by atoms with Gasteiger partial charge in [0.05, 0.1) is 13.2 Å². The molecule has 0 saturated heterocycles. The first-order valence-electron chi connectivity index (χ1n) is 9.05. The number of nitrogens with zero attached hydrogens (tertiary/aromatic N) is 5. The Labute approximate surface area is 162 Å². The van der Waals surface area contributed by atoms with Gasteiger partial charge in [0.2, 0.25) is 0 Å². The number of methoxy groups -OCH3 is 1. The molecule has 1 aliphatic rings. The van der Waals surface area contributed by atoms with E-state index in [0.717, 1.165) is 12.8 Å². The Bertz CT molecular complexity index is 884. The van der Waals surface area contributed by atoms with Gasteiger partial charge in [0.25, 0.3) is 0 Å². The number of hydrogen-bond acceptors (Lipinski definition) is 8. The van der Waals surface area contributed by atoms with E-state index in [-0.39, 0.29) is 5.69 Å². The molecule has 1 N–H and O–H groups in total. The van der Waals surface area contributed by atoms with Crippen molar-refractivity contribution in [3.63, 3.8) is 0 Å². The van der Waals surface area contributed by atoms with Crippen LogP contribution in [0.15, 0.2) is 12.4 Å². The summed E-state index contributed by atoms with van der Waals surface area (Å²) in [5.41, 5.74) is -0.506. The van der Waals surface area contributed by atoms with Crippen molar-refractivity contribution in [1.29, 1.82) is 0 Å². The van der Waals surface area contributed by atoms with Crippen molar-refractivity contribution in [1.82, 2.24) is 30.0 Å². The van der Waals surface area contributed by atoms with Gasteiger partial charge in [-0.2, -0.15) is 4.68 Å². The number of ether oxygens (including phenoxy) is 2. The highest BCUT2D eigenvalue weighted by atomic mass is 16.6. The summed E-state index contributed by atoms with van der Waals surface area (Å²) in [6, 6.07) is 0.979. The summed E-state index contributed by atoms with van der Waals surface area (Å²) >= 11 is 0. The standard InChI is InChI=1S/C18H24N6O4/c1-10(21-17(26)28-18(2,3)4)15-22-14(11-6-7-11)23-24(15)13-8-12(16(25)27-5)19-9-20-13/h8-11H,6-7H2,1-5H3,(H,21,26)/t10-/m0/s1. The molecule has 2 aromatic heterocycles. The molecule has 1 atom stereocenters. The van der Waals surface area contributed by atoms with Crippen molar-refractivity contribution in [2.24, 2.45) is 0 Å². The molecule has 0 aromatic carbocycles. The van der Waals surface area contributed by atoms with Crippen LogP contribution < -0.4 is 5.32 Å². The van der Waals surface area contributed by atoms with E-state index < -0.39 is 23.7 Å². The third-order valence-electron chi connectivity index (χ3n) is 3.98. The molecule has 1 amide bonds. The van der Waals surface area contributed by atoms with Crippen LogP contribution in [-0.2, 0) is 9.47 Å². The summed E-state index contributed by atoms with van der Waals surface area (Å²) in [6.45, 7) is 7.16. The lowest BCUT2D eigenvalue weighted by Gasteiger charge is -2.21. The fourth-order valence-corrected chi connectivity index (χ4v) is 2.53. The number of nitrogens with one attached hydrogen (secondary N) is 1. The summed E-state index contributed by atoms with van der Waals surface area (Å²) in [6.07, 6.45) is 2.75. The molecule has 2 aromatic rings. The number of esters is 1. The Hall–Kier alpha value is -3.04. The Morgan fingerprint density at radius 1 is 1.29 bits per heavy atom. The molecule has 10 heteroatoms. The van der Waals surface area contributed by atoms with E-state index in [1.165, 1.54) is 24.2 Å². The summed E-state index contributed by atoms with van der Waals surface area (Å²) < 4.78 is 11.5. The van der Waals surface area contributed by atoms with Gasteiger partial charge < -0.3 is 14.8 Å². The summed E-state index contributed by atoms with van der Waals surface area (Å²) in [4.78, 5) is 36.6. The minimum atomic E-state index is -0.612. The first-order valence-corrected chi connectivity index (χ1v) is 9.05. The summed E-state index contributed by atoms with van der Waals surface area (Å²) in [7, 11) is 1.28. The molecule has 3 rings (SSSR count). The van der Waals surface area contributed by atoms with Crippen LogP contribution >= 0.6 is 0 Å². The number of carbonyl (C=O) groups excluding carboxylic acids is 2. The molecule has 150 valence electrons. The lowest BCUT2D eigenvalue weighted by molar-refractivity contribution is 0.0504. The van der Waals surface area contributed by atoms with Crippen LogP contribution in [0.2, 0.25) is 0 Å². The fraction of sp³-hybridized carbons (Fsp3) is 0.556. The van der Waals surface area contributed by atoms with Crippen molar-refractivity contribution in [2.45, 2.75) is 58.1 Å². The molecule has 10 nitrogen and oxygen atoms in total. The van der Waals surface area contributed by atoms with E-state index in [2.05, 4.69) is 25.4 Å². The molecule has 0 spiro atoms. The number of hydrogen-bond donors (Lipinski definition) is 1. The van der Waals surface area contributed by atoms with Gasteiger partial charge in [-0.15, -0.1) is 5.10 Å². The quantitative estimate of drug-likeness (QED) is 0.775. The average molecular weight is 388 g/mol. The second-order valence-electron chi connectivity index (χ2n) is 7.64. The zero-order chi connectivity index (χ0) is 20.5. The van der Waals surface area contributed by atoms with Crippen LogP contribution in [0.1, 0.15) is 74.6 Å². The minimum absolute atomic E-state index is 0.106. The zero-order valence-electron chi connectivity index (χ0n) is 16.6. The molecule has 1 fully saturated rings.